The molecule has 1 aliphatic heterocycles. The van der Waals surface area contributed by atoms with Crippen molar-refractivity contribution in [2.45, 2.75) is 31.2 Å². The summed E-state index contributed by atoms with van der Waals surface area (Å²) in [4.78, 5) is 0. The van der Waals surface area contributed by atoms with E-state index in [1.54, 1.807) is 26.0 Å². The summed E-state index contributed by atoms with van der Waals surface area (Å²) in [5.41, 5.74) is 0. The summed E-state index contributed by atoms with van der Waals surface area (Å²) in [6, 6.07) is 16.3. The molecule has 6 nitrogen and oxygen atoms in total. The zero-order valence-electron chi connectivity index (χ0n) is 14.8. The van der Waals surface area contributed by atoms with Crippen molar-refractivity contribution < 1.29 is 22.6 Å². The van der Waals surface area contributed by atoms with Gasteiger partial charge in [-0.2, -0.15) is 0 Å². The third-order valence-electron chi connectivity index (χ3n) is 4.05. The molecule has 0 aromatic heterocycles. The smallest absolute Gasteiger partial charge is 0.214 e. The Hall–Kier alpha value is -2.09. The number of hydrogen-bond donors (Lipinski definition) is 1. The number of rotatable bonds is 7. The molecule has 0 saturated carbocycles. The second kappa shape index (κ2) is 8.07. The summed E-state index contributed by atoms with van der Waals surface area (Å²) in [6.07, 6.45) is -0.371. The Bertz CT molecular complexity index is 806. The maximum absolute atomic E-state index is 12.1. The van der Waals surface area contributed by atoms with Gasteiger partial charge >= 0.3 is 0 Å². The third-order valence-corrected chi connectivity index (χ3v) is 5.93. The lowest BCUT2D eigenvalue weighted by molar-refractivity contribution is 0.140. The molecule has 7 heteroatoms. The highest BCUT2D eigenvalue weighted by Gasteiger charge is 2.34. The van der Waals surface area contributed by atoms with Crippen molar-refractivity contribution in [1.82, 2.24) is 4.72 Å². The zero-order valence-corrected chi connectivity index (χ0v) is 15.6. The van der Waals surface area contributed by atoms with Crippen LogP contribution in [-0.4, -0.2) is 39.0 Å². The molecule has 1 fully saturated rings. The van der Waals surface area contributed by atoms with Crippen LogP contribution in [0.25, 0.3) is 0 Å². The number of nitrogens with one attached hydrogen (secondary N) is 1. The molecular weight excluding hydrogens is 354 g/mol. The minimum Gasteiger partial charge on any atom is -0.486 e. The quantitative estimate of drug-likeness (QED) is 0.803. The van der Waals surface area contributed by atoms with Crippen LogP contribution in [0.15, 0.2) is 54.6 Å². The van der Waals surface area contributed by atoms with E-state index in [-0.39, 0.29) is 6.10 Å². The van der Waals surface area contributed by atoms with Crippen molar-refractivity contribution in [3.8, 4) is 17.2 Å². The Kier molecular flexibility index (Phi) is 5.80. The van der Waals surface area contributed by atoms with Crippen molar-refractivity contribution in [2.24, 2.45) is 0 Å². The van der Waals surface area contributed by atoms with Crippen LogP contribution in [0.5, 0.6) is 17.2 Å². The third kappa shape index (κ3) is 4.75. The van der Waals surface area contributed by atoms with Gasteiger partial charge in [0.2, 0.25) is 10.0 Å². The van der Waals surface area contributed by atoms with Gasteiger partial charge in [-0.3, -0.25) is 0 Å². The Balaban J connectivity index is 1.61. The fraction of sp³-hybridized carbons (Fsp3) is 0.368. The molecule has 1 aliphatic rings. The topological polar surface area (TPSA) is 73.9 Å². The molecule has 0 amide bonds. The predicted molar refractivity (Wildman–Crippen MR) is 99.2 cm³/mol. The number of hydrogen-bond acceptors (Lipinski definition) is 5. The maximum atomic E-state index is 12.1. The van der Waals surface area contributed by atoms with E-state index in [0.717, 1.165) is 5.75 Å². The molecule has 2 aromatic carbocycles. The first-order chi connectivity index (χ1) is 12.4. The van der Waals surface area contributed by atoms with Crippen LogP contribution in [0.3, 0.4) is 0 Å². The van der Waals surface area contributed by atoms with Gasteiger partial charge in [-0.1, -0.05) is 18.2 Å². The van der Waals surface area contributed by atoms with Crippen molar-refractivity contribution in [3.63, 3.8) is 0 Å². The van der Waals surface area contributed by atoms with Gasteiger partial charge in [-0.25, -0.2) is 13.1 Å². The molecule has 0 radical (unpaired) electrons. The van der Waals surface area contributed by atoms with Crippen LogP contribution < -0.4 is 14.2 Å². The van der Waals surface area contributed by atoms with Gasteiger partial charge in [0.25, 0.3) is 0 Å². The molecule has 1 N–H and O–H groups in total. The summed E-state index contributed by atoms with van der Waals surface area (Å²) in [5.74, 6) is 2.09. The lowest BCUT2D eigenvalue weighted by Crippen LogP contribution is -2.47. The Morgan fingerprint density at radius 1 is 0.962 bits per heavy atom. The molecule has 0 aliphatic carbocycles. The monoisotopic (exact) mass is 377 g/mol. The number of benzene rings is 2. The molecule has 2 atom stereocenters. The lowest BCUT2D eigenvalue weighted by atomic mass is 10.2. The molecule has 26 heavy (non-hydrogen) atoms. The number of para-hydroxylation sites is 1. The van der Waals surface area contributed by atoms with E-state index in [9.17, 15) is 8.42 Å². The van der Waals surface area contributed by atoms with E-state index in [4.69, 9.17) is 14.2 Å². The van der Waals surface area contributed by atoms with Crippen molar-refractivity contribution in [1.29, 1.82) is 0 Å². The van der Waals surface area contributed by atoms with Gasteiger partial charge in [0.15, 0.2) is 0 Å². The number of sulfonamides is 1. The first kappa shape index (κ1) is 18.7. The molecule has 1 saturated heterocycles. The van der Waals surface area contributed by atoms with Gasteiger partial charge in [0, 0.05) is 0 Å². The molecule has 2 unspecified atom stereocenters. The van der Waals surface area contributed by atoms with E-state index in [2.05, 4.69) is 4.72 Å². The lowest BCUT2D eigenvalue weighted by Gasteiger charge is -2.21. The van der Waals surface area contributed by atoms with E-state index in [1.165, 1.54) is 0 Å². The SMILES string of the molecule is CC(C)S(=O)(=O)NC1COCC1Oc1ccc(Oc2ccccc2)cc1. The molecule has 3 rings (SSSR count). The maximum Gasteiger partial charge on any atom is 0.214 e. The molecule has 2 aromatic rings. The average Bonchev–Trinajstić information content (AvgIpc) is 3.03. The van der Waals surface area contributed by atoms with E-state index in [0.29, 0.717) is 24.7 Å². The zero-order chi connectivity index (χ0) is 18.6. The Morgan fingerprint density at radius 2 is 1.58 bits per heavy atom. The van der Waals surface area contributed by atoms with E-state index < -0.39 is 21.3 Å². The molecule has 0 spiro atoms. The van der Waals surface area contributed by atoms with Crippen LogP contribution >= 0.6 is 0 Å². The van der Waals surface area contributed by atoms with Crippen LogP contribution in [0.4, 0.5) is 0 Å². The second-order valence-electron chi connectivity index (χ2n) is 6.40. The van der Waals surface area contributed by atoms with Crippen molar-refractivity contribution in [3.05, 3.63) is 54.6 Å². The summed E-state index contributed by atoms with van der Waals surface area (Å²) in [5, 5.41) is -0.502. The van der Waals surface area contributed by atoms with Gasteiger partial charge in [0.1, 0.15) is 23.4 Å². The summed E-state index contributed by atoms with van der Waals surface area (Å²) in [7, 11) is -3.38. The minimum absolute atomic E-state index is 0.297. The first-order valence-corrected chi connectivity index (χ1v) is 10.1. The largest absolute Gasteiger partial charge is 0.486 e. The van der Waals surface area contributed by atoms with E-state index in [1.807, 2.05) is 42.5 Å². The van der Waals surface area contributed by atoms with Gasteiger partial charge in [-0.05, 0) is 50.2 Å². The van der Waals surface area contributed by atoms with Crippen LogP contribution in [0, 0.1) is 0 Å². The second-order valence-corrected chi connectivity index (χ2v) is 8.67. The average molecular weight is 377 g/mol. The van der Waals surface area contributed by atoms with Crippen LogP contribution in [0.2, 0.25) is 0 Å². The Morgan fingerprint density at radius 3 is 2.23 bits per heavy atom. The van der Waals surface area contributed by atoms with Crippen LogP contribution in [-0.2, 0) is 14.8 Å². The standard InChI is InChI=1S/C19H23NO5S/c1-14(2)26(21,22)20-18-12-23-13-19(18)25-17-10-8-16(9-11-17)24-15-6-4-3-5-7-15/h3-11,14,18-20H,12-13H2,1-2H3. The highest BCUT2D eigenvalue weighted by molar-refractivity contribution is 7.90. The first-order valence-electron chi connectivity index (χ1n) is 8.52. The van der Waals surface area contributed by atoms with Crippen LogP contribution in [0.1, 0.15) is 13.8 Å². The van der Waals surface area contributed by atoms with Gasteiger partial charge in [-0.15, -0.1) is 0 Å². The normalized spacial score (nSPS) is 20.3. The molecule has 140 valence electrons. The van der Waals surface area contributed by atoms with E-state index >= 15 is 0 Å². The predicted octanol–water partition coefficient (Wildman–Crippen LogP) is 2.95. The van der Waals surface area contributed by atoms with Crippen molar-refractivity contribution >= 4 is 10.0 Å². The molecule has 0 bridgehead atoms. The van der Waals surface area contributed by atoms with Crippen molar-refractivity contribution in [2.75, 3.05) is 13.2 Å². The summed E-state index contributed by atoms with van der Waals surface area (Å²) >= 11 is 0. The Labute approximate surface area is 154 Å². The fourth-order valence-electron chi connectivity index (χ4n) is 2.49. The minimum atomic E-state index is -3.38. The highest BCUT2D eigenvalue weighted by Crippen LogP contribution is 2.25. The summed E-state index contributed by atoms with van der Waals surface area (Å²) in [6.45, 7) is 3.91. The number of ether oxygens (including phenoxy) is 3. The highest BCUT2D eigenvalue weighted by atomic mass is 32.2. The molecular formula is C19H23NO5S. The van der Waals surface area contributed by atoms with Gasteiger partial charge < -0.3 is 14.2 Å². The molecule has 1 heterocycles. The van der Waals surface area contributed by atoms with Gasteiger partial charge in [0.05, 0.1) is 24.5 Å². The summed E-state index contributed by atoms with van der Waals surface area (Å²) < 4.78 is 43.8. The fourth-order valence-corrected chi connectivity index (χ4v) is 3.41.